The zero-order valence-electron chi connectivity index (χ0n) is 26.6. The average Bonchev–Trinajstić information content (AvgIpc) is 3.26. The number of para-hydroxylation sites is 1. The van der Waals surface area contributed by atoms with Crippen LogP contribution in [0.4, 0.5) is 23.0 Å². The standard InChI is InChI=1S/C35H43N7O3/c1-5-21-9-7-10-22(6-2)30(21)39-34(44)32-27-12-8-11-23-20-36-35(40-31(23)33(27)42(3)41-32)38-28-18-15-25(19-29(28)45-4)37-24-13-16-26(43)17-14-24/h7,9-10,15,18-20,24,26,37,43H,5-6,8,11-14,16-17H2,1-4H3,(H,39,44)(H,36,38,40). The van der Waals surface area contributed by atoms with Crippen LogP contribution in [0.3, 0.4) is 0 Å². The number of benzene rings is 2. The summed E-state index contributed by atoms with van der Waals surface area (Å²) in [5.41, 5.74) is 8.87. The van der Waals surface area contributed by atoms with E-state index in [2.05, 4.69) is 46.9 Å². The Labute approximate surface area is 264 Å². The van der Waals surface area contributed by atoms with E-state index in [9.17, 15) is 9.90 Å². The molecule has 0 unspecified atom stereocenters. The topological polar surface area (TPSA) is 126 Å². The van der Waals surface area contributed by atoms with Gasteiger partial charge in [0.05, 0.1) is 30.3 Å². The Morgan fingerprint density at radius 1 is 1.07 bits per heavy atom. The van der Waals surface area contributed by atoms with Crippen LogP contribution in [0.1, 0.15) is 78.7 Å². The summed E-state index contributed by atoms with van der Waals surface area (Å²) in [5, 5.41) is 24.7. The number of amides is 1. The second-order valence-corrected chi connectivity index (χ2v) is 12.0. The number of carbonyl (C=O) groups is 1. The fraction of sp³-hybridized carbons (Fsp3) is 0.429. The first-order valence-electron chi connectivity index (χ1n) is 16.1. The molecular weight excluding hydrogens is 566 g/mol. The van der Waals surface area contributed by atoms with Crippen molar-refractivity contribution < 1.29 is 14.6 Å². The summed E-state index contributed by atoms with van der Waals surface area (Å²) in [6.45, 7) is 4.20. The SMILES string of the molecule is CCc1cccc(CC)c1NC(=O)c1nn(C)c2c1CCCc1cnc(Nc3ccc(NC4CCC(O)CC4)cc3OC)nc1-2. The number of ether oxygens (including phenoxy) is 1. The number of nitrogens with one attached hydrogen (secondary N) is 3. The Bertz CT molecular complexity index is 1670. The Morgan fingerprint density at radius 2 is 1.82 bits per heavy atom. The van der Waals surface area contributed by atoms with Gasteiger partial charge in [-0.05, 0) is 86.6 Å². The number of nitrogens with zero attached hydrogens (tertiary/aromatic N) is 4. The van der Waals surface area contributed by atoms with Crippen LogP contribution < -0.4 is 20.7 Å². The summed E-state index contributed by atoms with van der Waals surface area (Å²) in [4.78, 5) is 23.4. The molecule has 10 nitrogen and oxygen atoms in total. The van der Waals surface area contributed by atoms with E-state index in [-0.39, 0.29) is 12.0 Å². The molecule has 0 radical (unpaired) electrons. The third-order valence-electron chi connectivity index (χ3n) is 9.07. The van der Waals surface area contributed by atoms with Crippen LogP contribution in [0.15, 0.2) is 42.6 Å². The van der Waals surface area contributed by atoms with Crippen molar-refractivity contribution in [2.75, 3.05) is 23.1 Å². The van der Waals surface area contributed by atoms with Crippen LogP contribution in [0.25, 0.3) is 11.4 Å². The highest BCUT2D eigenvalue weighted by molar-refractivity contribution is 6.05. The maximum atomic E-state index is 13.7. The molecule has 2 aromatic carbocycles. The Morgan fingerprint density at radius 3 is 2.53 bits per heavy atom. The molecule has 236 valence electrons. The molecule has 4 N–H and O–H groups in total. The number of aliphatic hydroxyl groups excluding tert-OH is 1. The van der Waals surface area contributed by atoms with Gasteiger partial charge < -0.3 is 25.8 Å². The van der Waals surface area contributed by atoms with Crippen LogP contribution in [0, 0.1) is 0 Å². The molecule has 0 atom stereocenters. The van der Waals surface area contributed by atoms with E-state index in [0.717, 1.165) is 108 Å². The molecule has 6 rings (SSSR count). The van der Waals surface area contributed by atoms with Gasteiger partial charge in [0.1, 0.15) is 5.75 Å². The highest BCUT2D eigenvalue weighted by atomic mass is 16.5. The molecule has 1 saturated carbocycles. The number of fused-ring (bicyclic) bond motifs is 3. The lowest BCUT2D eigenvalue weighted by atomic mass is 9.93. The summed E-state index contributed by atoms with van der Waals surface area (Å²) in [6.07, 6.45) is 9.29. The third kappa shape index (κ3) is 6.38. The van der Waals surface area contributed by atoms with Gasteiger partial charge in [-0.1, -0.05) is 32.0 Å². The van der Waals surface area contributed by atoms with E-state index >= 15 is 0 Å². The summed E-state index contributed by atoms with van der Waals surface area (Å²) in [7, 11) is 3.52. The predicted octanol–water partition coefficient (Wildman–Crippen LogP) is 6.21. The van der Waals surface area contributed by atoms with Crippen molar-refractivity contribution in [3.63, 3.8) is 0 Å². The number of anilines is 4. The van der Waals surface area contributed by atoms with Gasteiger partial charge >= 0.3 is 0 Å². The summed E-state index contributed by atoms with van der Waals surface area (Å²) in [6, 6.07) is 12.5. The Kier molecular flexibility index (Phi) is 9.02. The Hall–Kier alpha value is -4.44. The molecular formula is C35H43N7O3. The molecule has 4 aromatic rings. The zero-order chi connectivity index (χ0) is 31.5. The van der Waals surface area contributed by atoms with Crippen LogP contribution in [0.2, 0.25) is 0 Å². The van der Waals surface area contributed by atoms with Gasteiger partial charge in [0.2, 0.25) is 5.95 Å². The summed E-state index contributed by atoms with van der Waals surface area (Å²) < 4.78 is 7.51. The molecule has 2 aliphatic carbocycles. The first kappa shape index (κ1) is 30.6. The summed E-state index contributed by atoms with van der Waals surface area (Å²) in [5.74, 6) is 0.924. The first-order valence-corrected chi connectivity index (χ1v) is 16.1. The Balaban J connectivity index is 1.27. The average molecular weight is 610 g/mol. The molecule has 1 fully saturated rings. The number of aryl methyl sites for hydroxylation is 4. The third-order valence-corrected chi connectivity index (χ3v) is 9.07. The maximum absolute atomic E-state index is 13.7. The van der Waals surface area contributed by atoms with Crippen LogP contribution in [0.5, 0.6) is 5.75 Å². The molecule has 2 aromatic heterocycles. The monoisotopic (exact) mass is 609 g/mol. The molecule has 0 aliphatic heterocycles. The van der Waals surface area contributed by atoms with E-state index in [1.54, 1.807) is 11.8 Å². The van der Waals surface area contributed by atoms with Crippen molar-refractivity contribution in [1.29, 1.82) is 0 Å². The normalized spacial score (nSPS) is 17.5. The lowest BCUT2D eigenvalue weighted by molar-refractivity contribution is 0.102. The van der Waals surface area contributed by atoms with E-state index in [1.165, 1.54) is 0 Å². The van der Waals surface area contributed by atoms with Gasteiger partial charge in [-0.3, -0.25) is 9.48 Å². The minimum Gasteiger partial charge on any atom is -0.494 e. The quantitative estimate of drug-likeness (QED) is 0.176. The lowest BCUT2D eigenvalue weighted by Gasteiger charge is -2.27. The molecule has 0 saturated heterocycles. The number of methoxy groups -OCH3 is 1. The van der Waals surface area contributed by atoms with Crippen molar-refractivity contribution in [2.24, 2.45) is 7.05 Å². The minimum absolute atomic E-state index is 0.187. The largest absolute Gasteiger partial charge is 0.494 e. The smallest absolute Gasteiger partial charge is 0.276 e. The van der Waals surface area contributed by atoms with Gasteiger partial charge in [0.15, 0.2) is 5.69 Å². The van der Waals surface area contributed by atoms with Crippen molar-refractivity contribution in [3.8, 4) is 17.1 Å². The molecule has 0 spiro atoms. The highest BCUT2D eigenvalue weighted by Crippen LogP contribution is 2.36. The van der Waals surface area contributed by atoms with Crippen LogP contribution >= 0.6 is 0 Å². The second-order valence-electron chi connectivity index (χ2n) is 12.0. The van der Waals surface area contributed by atoms with Crippen molar-refractivity contribution in [3.05, 3.63) is 70.5 Å². The molecule has 1 amide bonds. The van der Waals surface area contributed by atoms with E-state index in [4.69, 9.17) is 14.8 Å². The second kappa shape index (κ2) is 13.3. The highest BCUT2D eigenvalue weighted by Gasteiger charge is 2.28. The molecule has 0 bridgehead atoms. The van der Waals surface area contributed by atoms with Crippen LogP contribution in [-0.4, -0.2) is 50.0 Å². The number of carbonyl (C=O) groups excluding carboxylic acids is 1. The van der Waals surface area contributed by atoms with E-state index in [0.29, 0.717) is 23.4 Å². The minimum atomic E-state index is -0.193. The van der Waals surface area contributed by atoms with Gasteiger partial charge in [-0.2, -0.15) is 5.10 Å². The van der Waals surface area contributed by atoms with Crippen molar-refractivity contribution in [1.82, 2.24) is 19.7 Å². The predicted molar refractivity (Wildman–Crippen MR) is 178 cm³/mol. The first-order chi connectivity index (χ1) is 21.9. The number of aliphatic hydroxyl groups is 1. The van der Waals surface area contributed by atoms with Gasteiger partial charge in [-0.25, -0.2) is 9.97 Å². The molecule has 10 heteroatoms. The van der Waals surface area contributed by atoms with Crippen LogP contribution in [-0.2, 0) is 32.7 Å². The molecule has 45 heavy (non-hydrogen) atoms. The molecule has 2 aliphatic rings. The molecule has 2 heterocycles. The van der Waals surface area contributed by atoms with Gasteiger partial charge in [0.25, 0.3) is 5.91 Å². The number of hydrogen-bond donors (Lipinski definition) is 4. The van der Waals surface area contributed by atoms with Crippen molar-refractivity contribution >= 4 is 28.9 Å². The number of rotatable bonds is 9. The van der Waals surface area contributed by atoms with E-state index < -0.39 is 0 Å². The zero-order valence-corrected chi connectivity index (χ0v) is 26.6. The maximum Gasteiger partial charge on any atom is 0.276 e. The fourth-order valence-electron chi connectivity index (χ4n) is 6.63. The number of hydrogen-bond acceptors (Lipinski definition) is 8. The fourth-order valence-corrected chi connectivity index (χ4v) is 6.63. The van der Waals surface area contributed by atoms with Gasteiger partial charge in [-0.15, -0.1) is 0 Å². The van der Waals surface area contributed by atoms with Gasteiger partial charge in [0, 0.05) is 42.3 Å². The number of aromatic nitrogens is 4. The summed E-state index contributed by atoms with van der Waals surface area (Å²) >= 11 is 0. The lowest BCUT2D eigenvalue weighted by Crippen LogP contribution is -2.28. The van der Waals surface area contributed by atoms with Crippen molar-refractivity contribution in [2.45, 2.75) is 83.8 Å². The van der Waals surface area contributed by atoms with E-state index in [1.807, 2.05) is 37.5 Å².